The number of hydrogen-bond acceptors (Lipinski definition) is 3. The van der Waals surface area contributed by atoms with E-state index in [1.807, 2.05) is 24.3 Å². The molecular weight excluding hydrogens is 202 g/mol. The fourth-order valence-electron chi connectivity index (χ4n) is 0.988. The average Bonchev–Trinajstić information content (AvgIpc) is 2.20. The molecule has 0 aliphatic rings. The highest BCUT2D eigenvalue weighted by molar-refractivity contribution is 6.31. The maximum absolute atomic E-state index is 8.66. The highest BCUT2D eigenvalue weighted by Crippen LogP contribution is 2.15. The third-order valence-electron chi connectivity index (χ3n) is 1.78. The highest BCUT2D eigenvalue weighted by Gasteiger charge is 2.02. The molecule has 1 aromatic rings. The summed E-state index contributed by atoms with van der Waals surface area (Å²) in [5, 5.41) is 9.34. The second-order valence-corrected chi connectivity index (χ2v) is 3.46. The van der Waals surface area contributed by atoms with Gasteiger partial charge in [-0.3, -0.25) is 0 Å². The van der Waals surface area contributed by atoms with Gasteiger partial charge < -0.3 is 15.6 Å². The molecule has 0 radical (unpaired) electrons. The van der Waals surface area contributed by atoms with Crippen molar-refractivity contribution in [1.29, 1.82) is 0 Å². The fourth-order valence-corrected chi connectivity index (χ4v) is 1.18. The monoisotopic (exact) mass is 215 g/mol. The maximum Gasteiger partial charge on any atom is 0.0732 e. The predicted octanol–water partition coefficient (Wildman–Crippen LogP) is 1.18. The van der Waals surface area contributed by atoms with E-state index in [9.17, 15) is 0 Å². The first-order valence-corrected chi connectivity index (χ1v) is 4.79. The third kappa shape index (κ3) is 3.64. The number of nitrogens with two attached hydrogens (primary N) is 1. The minimum Gasteiger partial charge on any atom is -0.395 e. The van der Waals surface area contributed by atoms with Crippen LogP contribution in [0.15, 0.2) is 24.3 Å². The highest BCUT2D eigenvalue weighted by atomic mass is 35.5. The van der Waals surface area contributed by atoms with E-state index < -0.39 is 0 Å². The Morgan fingerprint density at radius 1 is 1.43 bits per heavy atom. The van der Waals surface area contributed by atoms with Crippen LogP contribution >= 0.6 is 11.6 Å². The first-order valence-electron chi connectivity index (χ1n) is 4.41. The molecule has 0 unspecified atom stereocenters. The SMILES string of the molecule is N[C@@H](CO)COCc1ccccc1Cl. The number of hydrogen-bond donors (Lipinski definition) is 2. The van der Waals surface area contributed by atoms with Gasteiger partial charge in [0.15, 0.2) is 0 Å². The smallest absolute Gasteiger partial charge is 0.0732 e. The molecule has 0 bridgehead atoms. The van der Waals surface area contributed by atoms with Gasteiger partial charge in [0.1, 0.15) is 0 Å². The molecular formula is C10H14ClNO2. The van der Waals surface area contributed by atoms with Crippen LogP contribution in [0.2, 0.25) is 5.02 Å². The molecule has 4 heteroatoms. The third-order valence-corrected chi connectivity index (χ3v) is 2.15. The summed E-state index contributed by atoms with van der Waals surface area (Å²) < 4.78 is 5.28. The zero-order valence-corrected chi connectivity index (χ0v) is 8.57. The zero-order valence-electron chi connectivity index (χ0n) is 7.82. The molecule has 0 saturated carbocycles. The largest absolute Gasteiger partial charge is 0.395 e. The minimum absolute atomic E-state index is 0.0669. The van der Waals surface area contributed by atoms with Gasteiger partial charge in [0.25, 0.3) is 0 Å². The summed E-state index contributed by atoms with van der Waals surface area (Å²) in [4.78, 5) is 0. The summed E-state index contributed by atoms with van der Waals surface area (Å²) >= 11 is 5.91. The molecule has 1 aromatic carbocycles. The topological polar surface area (TPSA) is 55.5 Å². The van der Waals surface area contributed by atoms with Gasteiger partial charge in [0, 0.05) is 5.02 Å². The van der Waals surface area contributed by atoms with E-state index in [0.717, 1.165) is 5.56 Å². The van der Waals surface area contributed by atoms with Crippen LogP contribution in [0, 0.1) is 0 Å². The van der Waals surface area contributed by atoms with E-state index in [1.54, 1.807) is 0 Å². The van der Waals surface area contributed by atoms with E-state index in [2.05, 4.69) is 0 Å². The summed E-state index contributed by atoms with van der Waals surface area (Å²) in [6, 6.07) is 7.15. The van der Waals surface area contributed by atoms with Gasteiger partial charge in [-0.05, 0) is 11.6 Å². The van der Waals surface area contributed by atoms with Crippen molar-refractivity contribution in [2.45, 2.75) is 12.6 Å². The number of aliphatic hydroxyl groups excluding tert-OH is 1. The Labute approximate surface area is 88.4 Å². The molecule has 14 heavy (non-hydrogen) atoms. The Balaban J connectivity index is 2.35. The van der Waals surface area contributed by atoms with E-state index in [-0.39, 0.29) is 12.6 Å². The molecule has 78 valence electrons. The molecule has 0 spiro atoms. The van der Waals surface area contributed by atoms with E-state index in [1.165, 1.54) is 0 Å². The van der Waals surface area contributed by atoms with Gasteiger partial charge >= 0.3 is 0 Å². The van der Waals surface area contributed by atoms with Gasteiger partial charge in [-0.15, -0.1) is 0 Å². The van der Waals surface area contributed by atoms with Gasteiger partial charge in [-0.2, -0.15) is 0 Å². The fraction of sp³-hybridized carbons (Fsp3) is 0.400. The molecule has 0 amide bonds. The second-order valence-electron chi connectivity index (χ2n) is 3.05. The quantitative estimate of drug-likeness (QED) is 0.776. The van der Waals surface area contributed by atoms with Crippen molar-refractivity contribution in [2.24, 2.45) is 5.73 Å². The van der Waals surface area contributed by atoms with Crippen LogP contribution < -0.4 is 5.73 Å². The van der Waals surface area contributed by atoms with E-state index in [0.29, 0.717) is 18.2 Å². The molecule has 1 atom stereocenters. The Bertz CT molecular complexity index is 281. The molecule has 0 heterocycles. The first-order chi connectivity index (χ1) is 6.74. The van der Waals surface area contributed by atoms with Crippen LogP contribution in [0.1, 0.15) is 5.56 Å². The Kier molecular flexibility index (Phi) is 4.90. The van der Waals surface area contributed by atoms with Gasteiger partial charge in [-0.25, -0.2) is 0 Å². The lowest BCUT2D eigenvalue weighted by atomic mass is 10.2. The number of halogens is 1. The van der Waals surface area contributed by atoms with Crippen molar-refractivity contribution in [1.82, 2.24) is 0 Å². The molecule has 1 rings (SSSR count). The number of benzene rings is 1. The summed E-state index contributed by atoms with van der Waals surface area (Å²) in [5.74, 6) is 0. The normalized spacial score (nSPS) is 12.8. The van der Waals surface area contributed by atoms with Crippen molar-refractivity contribution in [3.8, 4) is 0 Å². The standard InChI is InChI=1S/C10H14ClNO2/c11-10-4-2-1-3-8(10)6-14-7-9(12)5-13/h1-4,9,13H,5-7,12H2/t9-/m0/s1. The zero-order chi connectivity index (χ0) is 10.4. The summed E-state index contributed by atoms with van der Waals surface area (Å²) in [5.41, 5.74) is 6.40. The Morgan fingerprint density at radius 2 is 2.14 bits per heavy atom. The van der Waals surface area contributed by atoms with Crippen LogP contribution in [0.5, 0.6) is 0 Å². The molecule has 0 saturated heterocycles. The van der Waals surface area contributed by atoms with E-state index >= 15 is 0 Å². The predicted molar refractivity (Wildman–Crippen MR) is 56.2 cm³/mol. The van der Waals surface area contributed by atoms with Gasteiger partial charge in [-0.1, -0.05) is 29.8 Å². The maximum atomic E-state index is 8.66. The number of aliphatic hydroxyl groups is 1. The van der Waals surface area contributed by atoms with Crippen molar-refractivity contribution >= 4 is 11.6 Å². The lowest BCUT2D eigenvalue weighted by Crippen LogP contribution is -2.29. The van der Waals surface area contributed by atoms with Crippen LogP contribution in [-0.2, 0) is 11.3 Å². The second kappa shape index (κ2) is 5.98. The Hall–Kier alpha value is -0.610. The molecule has 0 aliphatic heterocycles. The lowest BCUT2D eigenvalue weighted by molar-refractivity contribution is 0.0899. The number of rotatable bonds is 5. The lowest BCUT2D eigenvalue weighted by Gasteiger charge is -2.09. The minimum atomic E-state index is -0.322. The van der Waals surface area contributed by atoms with Crippen LogP contribution in [0.25, 0.3) is 0 Å². The molecule has 3 N–H and O–H groups in total. The van der Waals surface area contributed by atoms with Crippen molar-refractivity contribution in [3.63, 3.8) is 0 Å². The van der Waals surface area contributed by atoms with Crippen molar-refractivity contribution < 1.29 is 9.84 Å². The molecule has 0 aromatic heterocycles. The van der Waals surface area contributed by atoms with Crippen LogP contribution in [-0.4, -0.2) is 24.4 Å². The van der Waals surface area contributed by atoms with Crippen LogP contribution in [0.4, 0.5) is 0 Å². The molecule has 0 fully saturated rings. The molecule has 3 nitrogen and oxygen atoms in total. The average molecular weight is 216 g/mol. The Morgan fingerprint density at radius 3 is 2.79 bits per heavy atom. The summed E-state index contributed by atoms with van der Waals surface area (Å²) in [6.45, 7) is 0.692. The van der Waals surface area contributed by atoms with Crippen LogP contribution in [0.3, 0.4) is 0 Å². The first kappa shape index (κ1) is 11.5. The summed E-state index contributed by atoms with van der Waals surface area (Å²) in [6.07, 6.45) is 0. The molecule has 0 aliphatic carbocycles. The van der Waals surface area contributed by atoms with Gasteiger partial charge in [0.2, 0.25) is 0 Å². The van der Waals surface area contributed by atoms with Crippen molar-refractivity contribution in [3.05, 3.63) is 34.9 Å². The van der Waals surface area contributed by atoms with E-state index in [4.69, 9.17) is 27.2 Å². The van der Waals surface area contributed by atoms with Gasteiger partial charge in [0.05, 0.1) is 25.9 Å². The summed E-state index contributed by atoms with van der Waals surface area (Å²) in [7, 11) is 0. The van der Waals surface area contributed by atoms with Crippen molar-refractivity contribution in [2.75, 3.05) is 13.2 Å². The number of ether oxygens (including phenoxy) is 1.